The summed E-state index contributed by atoms with van der Waals surface area (Å²) in [6.07, 6.45) is 3.30. The van der Waals surface area contributed by atoms with Crippen LogP contribution >= 0.6 is 0 Å². The number of hydrogen-bond acceptors (Lipinski definition) is 4. The van der Waals surface area contributed by atoms with Gasteiger partial charge in [-0.2, -0.15) is 14.2 Å². The van der Waals surface area contributed by atoms with E-state index in [1.165, 1.54) is 10.7 Å². The molecule has 0 fully saturated rings. The van der Waals surface area contributed by atoms with Crippen LogP contribution in [0.25, 0.3) is 11.3 Å². The first-order chi connectivity index (χ1) is 11.1. The summed E-state index contributed by atoms with van der Waals surface area (Å²) in [6, 6.07) is 8.12. The molecule has 1 aliphatic heterocycles. The van der Waals surface area contributed by atoms with E-state index in [1.54, 1.807) is 36.4 Å². The van der Waals surface area contributed by atoms with E-state index in [-0.39, 0.29) is 6.03 Å². The van der Waals surface area contributed by atoms with Crippen LogP contribution in [0.1, 0.15) is 11.4 Å². The zero-order chi connectivity index (χ0) is 16.0. The maximum Gasteiger partial charge on any atom is 0.349 e. The van der Waals surface area contributed by atoms with Gasteiger partial charge in [-0.15, -0.1) is 0 Å². The van der Waals surface area contributed by atoms with Crippen LogP contribution in [0, 0.1) is 12.9 Å². The van der Waals surface area contributed by atoms with Crippen LogP contribution in [0.5, 0.6) is 0 Å². The van der Waals surface area contributed by atoms with Crippen molar-refractivity contribution >= 4 is 11.7 Å². The number of rotatable bonds is 2. The van der Waals surface area contributed by atoms with Crippen LogP contribution in [0.4, 0.5) is 14.9 Å². The maximum absolute atomic E-state index is 13.1. The van der Waals surface area contributed by atoms with Crippen LogP contribution in [0.3, 0.4) is 0 Å². The Balaban J connectivity index is 1.70. The fraction of sp³-hybridized carbons (Fsp3) is 0.125. The third-order valence-electron chi connectivity index (χ3n) is 3.80. The van der Waals surface area contributed by atoms with Gasteiger partial charge >= 0.3 is 6.03 Å². The first kappa shape index (κ1) is 13.6. The summed E-state index contributed by atoms with van der Waals surface area (Å²) < 4.78 is 14.5. The van der Waals surface area contributed by atoms with Crippen LogP contribution < -0.4 is 4.90 Å². The van der Waals surface area contributed by atoms with E-state index in [0.29, 0.717) is 23.5 Å². The molecule has 0 aromatic carbocycles. The molecule has 0 bridgehead atoms. The molecule has 6 nitrogen and oxygen atoms in total. The summed E-state index contributed by atoms with van der Waals surface area (Å²) in [6.45, 7) is 2.14. The van der Waals surface area contributed by atoms with E-state index in [0.717, 1.165) is 11.4 Å². The van der Waals surface area contributed by atoms with Crippen molar-refractivity contribution in [3.05, 3.63) is 60.1 Å². The van der Waals surface area contributed by atoms with E-state index in [4.69, 9.17) is 0 Å². The van der Waals surface area contributed by atoms with E-state index in [1.807, 2.05) is 12.1 Å². The largest absolute Gasteiger partial charge is 0.349 e. The Hall–Kier alpha value is -3.09. The van der Waals surface area contributed by atoms with Crippen molar-refractivity contribution in [1.29, 1.82) is 0 Å². The molecule has 0 radical (unpaired) electrons. The summed E-state index contributed by atoms with van der Waals surface area (Å²) in [7, 11) is 0. The van der Waals surface area contributed by atoms with Crippen LogP contribution in [0.15, 0.2) is 42.7 Å². The Morgan fingerprint density at radius 3 is 2.83 bits per heavy atom. The van der Waals surface area contributed by atoms with Gasteiger partial charge in [-0.1, -0.05) is 0 Å². The monoisotopic (exact) mass is 309 g/mol. The summed E-state index contributed by atoms with van der Waals surface area (Å²) >= 11 is 0. The highest BCUT2D eigenvalue weighted by atomic mass is 19.1. The van der Waals surface area contributed by atoms with Gasteiger partial charge in [0, 0.05) is 17.5 Å². The molecule has 0 spiro atoms. The van der Waals surface area contributed by atoms with Gasteiger partial charge in [0.1, 0.15) is 0 Å². The van der Waals surface area contributed by atoms with E-state index in [9.17, 15) is 9.18 Å². The lowest BCUT2D eigenvalue weighted by Crippen LogP contribution is -2.26. The molecule has 0 saturated heterocycles. The zero-order valence-electron chi connectivity index (χ0n) is 12.3. The molecule has 4 heterocycles. The lowest BCUT2D eigenvalue weighted by molar-refractivity contribution is 0.248. The summed E-state index contributed by atoms with van der Waals surface area (Å²) in [5, 5.41) is 4.35. The lowest BCUT2D eigenvalue weighted by atomic mass is 10.1. The second-order valence-corrected chi connectivity index (χ2v) is 5.28. The topological polar surface area (TPSA) is 63.9 Å². The fourth-order valence-corrected chi connectivity index (χ4v) is 2.69. The lowest BCUT2D eigenvalue weighted by Gasteiger charge is -2.13. The predicted octanol–water partition coefficient (Wildman–Crippen LogP) is 2.78. The van der Waals surface area contributed by atoms with Gasteiger partial charge in [0.05, 0.1) is 29.8 Å². The van der Waals surface area contributed by atoms with Gasteiger partial charge in [-0.05, 0) is 37.3 Å². The van der Waals surface area contributed by atoms with Gasteiger partial charge in [0.15, 0.2) is 0 Å². The predicted molar refractivity (Wildman–Crippen MR) is 81.4 cm³/mol. The molecule has 7 heteroatoms. The molecule has 0 unspecified atom stereocenters. The van der Waals surface area contributed by atoms with Crippen LogP contribution in [-0.4, -0.2) is 25.8 Å². The maximum atomic E-state index is 13.1. The highest BCUT2D eigenvalue weighted by Gasteiger charge is 2.30. The summed E-state index contributed by atoms with van der Waals surface area (Å²) in [4.78, 5) is 21.9. The molecular weight excluding hydrogens is 297 g/mol. The number of carbonyl (C=O) groups excluding carboxylic acids is 1. The van der Waals surface area contributed by atoms with Crippen molar-refractivity contribution in [2.24, 2.45) is 0 Å². The van der Waals surface area contributed by atoms with Crippen LogP contribution in [0.2, 0.25) is 0 Å². The van der Waals surface area contributed by atoms with Crippen molar-refractivity contribution in [3.63, 3.8) is 0 Å². The summed E-state index contributed by atoms with van der Waals surface area (Å²) in [5.41, 5.74) is 3.37. The minimum absolute atomic E-state index is 0.230. The Kier molecular flexibility index (Phi) is 2.94. The number of nitrogens with zero attached hydrogens (tertiary/aromatic N) is 5. The SMILES string of the molecule is Cc1nc(F)ccc1-c1cc2n(n1)C(=O)N(c1cccnc1)C2. The molecule has 23 heavy (non-hydrogen) atoms. The number of aromatic nitrogens is 4. The number of amides is 1. The fourth-order valence-electron chi connectivity index (χ4n) is 2.69. The highest BCUT2D eigenvalue weighted by Crippen LogP contribution is 2.28. The Labute approximate surface area is 131 Å². The number of halogens is 1. The molecule has 1 amide bonds. The zero-order valence-corrected chi connectivity index (χ0v) is 12.3. The van der Waals surface area contributed by atoms with Crippen molar-refractivity contribution in [3.8, 4) is 11.3 Å². The minimum Gasteiger partial charge on any atom is -0.285 e. The van der Waals surface area contributed by atoms with Gasteiger partial charge in [0.2, 0.25) is 5.95 Å². The molecular formula is C16H12FN5O. The molecule has 0 N–H and O–H groups in total. The van der Waals surface area contributed by atoms with Gasteiger partial charge in [-0.3, -0.25) is 9.88 Å². The Morgan fingerprint density at radius 1 is 1.26 bits per heavy atom. The van der Waals surface area contributed by atoms with Crippen LogP contribution in [-0.2, 0) is 6.54 Å². The first-order valence-electron chi connectivity index (χ1n) is 7.08. The average molecular weight is 309 g/mol. The van der Waals surface area contributed by atoms with E-state index < -0.39 is 5.95 Å². The molecule has 114 valence electrons. The highest BCUT2D eigenvalue weighted by molar-refractivity contribution is 5.96. The Morgan fingerprint density at radius 2 is 2.13 bits per heavy atom. The van der Waals surface area contributed by atoms with Gasteiger partial charge in [0.25, 0.3) is 0 Å². The van der Waals surface area contributed by atoms with Gasteiger partial charge < -0.3 is 0 Å². The molecule has 0 atom stereocenters. The van der Waals surface area contributed by atoms with Gasteiger partial charge in [-0.25, -0.2) is 9.78 Å². The number of carbonyl (C=O) groups is 1. The molecule has 1 aliphatic rings. The minimum atomic E-state index is -0.531. The number of pyridine rings is 2. The smallest absolute Gasteiger partial charge is 0.285 e. The third kappa shape index (κ3) is 2.17. The normalized spacial score (nSPS) is 13.5. The Bertz CT molecular complexity index is 906. The number of anilines is 1. The number of aryl methyl sites for hydroxylation is 1. The third-order valence-corrected chi connectivity index (χ3v) is 3.80. The standard InChI is InChI=1S/C16H12FN5O/c1-10-13(4-5-15(17)19-10)14-7-12-9-21(16(23)22(12)20-14)11-3-2-6-18-8-11/h2-8H,9H2,1H3. The quantitative estimate of drug-likeness (QED) is 0.683. The molecule has 4 rings (SSSR count). The summed E-state index contributed by atoms with van der Waals surface area (Å²) in [5.74, 6) is -0.531. The molecule has 3 aromatic rings. The number of fused-ring (bicyclic) bond motifs is 1. The van der Waals surface area contributed by atoms with E-state index >= 15 is 0 Å². The second-order valence-electron chi connectivity index (χ2n) is 5.28. The van der Waals surface area contributed by atoms with Crippen molar-refractivity contribution in [1.82, 2.24) is 19.7 Å². The van der Waals surface area contributed by atoms with E-state index in [2.05, 4.69) is 15.1 Å². The first-order valence-corrected chi connectivity index (χ1v) is 7.08. The molecule has 0 aliphatic carbocycles. The van der Waals surface area contributed by atoms with Crippen molar-refractivity contribution < 1.29 is 9.18 Å². The second kappa shape index (κ2) is 4.98. The average Bonchev–Trinajstić information content (AvgIpc) is 3.08. The van der Waals surface area contributed by atoms with Crippen molar-refractivity contribution in [2.45, 2.75) is 13.5 Å². The van der Waals surface area contributed by atoms with Crippen molar-refractivity contribution in [2.75, 3.05) is 4.90 Å². The number of hydrogen-bond donors (Lipinski definition) is 0. The molecule has 3 aromatic heterocycles. The molecule has 0 saturated carbocycles.